The highest BCUT2D eigenvalue weighted by Crippen LogP contribution is 2.30. The highest BCUT2D eigenvalue weighted by atomic mass is 35.5. The van der Waals surface area contributed by atoms with E-state index in [2.05, 4.69) is 15.2 Å². The zero-order valence-corrected chi connectivity index (χ0v) is 14.0. The standard InChI is InChI=1S/C9H6ClN3O3.C6H4O2S/c10-8-5(1-2-16-8)6(14)3-7(15)9-11-4-12-13-9;7-9(8)5-2-1-3-6(9)4-5/h1-4,15H,(H,11,12,13);1-4H. The van der Waals surface area contributed by atoms with E-state index in [-0.39, 0.29) is 22.4 Å². The van der Waals surface area contributed by atoms with E-state index in [4.69, 9.17) is 16.0 Å². The van der Waals surface area contributed by atoms with Crippen LogP contribution in [0, 0.1) is 0 Å². The number of H-pyrrole nitrogens is 1. The van der Waals surface area contributed by atoms with Gasteiger partial charge in [-0.2, -0.15) is 5.10 Å². The van der Waals surface area contributed by atoms with E-state index in [1.807, 2.05) is 0 Å². The Bertz CT molecular complexity index is 1020. The number of benzene rings is 1. The van der Waals surface area contributed by atoms with Crippen LogP contribution in [0.3, 0.4) is 0 Å². The van der Waals surface area contributed by atoms with Crippen LogP contribution in [-0.2, 0) is 9.84 Å². The lowest BCUT2D eigenvalue weighted by atomic mass is 10.2. The number of carbonyl (C=O) groups excluding carboxylic acids is 1. The SMILES string of the molecule is O=C(C=C(O)c1nc[nH]n1)c1ccoc1Cl.O=S1(=O)c2cccc1c2. The Labute approximate surface area is 146 Å². The van der Waals surface area contributed by atoms with Crippen molar-refractivity contribution in [3.63, 3.8) is 0 Å². The molecule has 25 heavy (non-hydrogen) atoms. The molecule has 0 saturated heterocycles. The minimum Gasteiger partial charge on any atom is -0.504 e. The number of sulfone groups is 1. The molecule has 2 aliphatic rings. The first kappa shape index (κ1) is 16.9. The van der Waals surface area contributed by atoms with E-state index in [0.717, 1.165) is 6.08 Å². The molecule has 0 radical (unpaired) electrons. The maximum atomic E-state index is 11.6. The summed E-state index contributed by atoms with van der Waals surface area (Å²) in [6, 6.07) is 8.01. The van der Waals surface area contributed by atoms with Gasteiger partial charge >= 0.3 is 0 Å². The van der Waals surface area contributed by atoms with Gasteiger partial charge in [0.2, 0.25) is 20.9 Å². The molecule has 4 heterocycles. The number of nitrogens with one attached hydrogen (secondary N) is 1. The summed E-state index contributed by atoms with van der Waals surface area (Å²) in [5.74, 6) is -0.794. The summed E-state index contributed by atoms with van der Waals surface area (Å²) in [6.07, 6.45) is 3.54. The number of aromatic nitrogens is 3. The average Bonchev–Trinajstić information content (AvgIpc) is 3.27. The van der Waals surface area contributed by atoms with Crippen LogP contribution >= 0.6 is 11.6 Å². The fourth-order valence-electron chi connectivity index (χ4n) is 1.96. The van der Waals surface area contributed by atoms with Crippen LogP contribution in [-0.4, -0.2) is 34.5 Å². The number of aromatic amines is 1. The predicted octanol–water partition coefficient (Wildman–Crippen LogP) is 2.67. The molecular formula is C15H10ClN3O5S. The van der Waals surface area contributed by atoms with Crippen LogP contribution in [0.2, 0.25) is 5.22 Å². The first-order chi connectivity index (χ1) is 11.9. The maximum Gasteiger partial charge on any atom is 0.215 e. The molecule has 1 aromatic carbocycles. The number of hydrogen-bond acceptors (Lipinski definition) is 7. The van der Waals surface area contributed by atoms with Crippen molar-refractivity contribution in [1.29, 1.82) is 0 Å². The molecule has 5 rings (SSSR count). The monoisotopic (exact) mass is 379 g/mol. The third-order valence-corrected chi connectivity index (χ3v) is 5.26. The van der Waals surface area contributed by atoms with E-state index in [9.17, 15) is 18.3 Å². The van der Waals surface area contributed by atoms with Crippen molar-refractivity contribution >= 4 is 33.0 Å². The van der Waals surface area contributed by atoms with Crippen LogP contribution in [0.5, 0.6) is 0 Å². The number of furan rings is 1. The molecule has 0 amide bonds. The van der Waals surface area contributed by atoms with Crippen molar-refractivity contribution in [1.82, 2.24) is 15.2 Å². The van der Waals surface area contributed by atoms with Gasteiger partial charge in [0, 0.05) is 6.08 Å². The number of carbonyl (C=O) groups is 1. The van der Waals surface area contributed by atoms with Crippen molar-refractivity contribution < 1.29 is 22.7 Å². The average molecular weight is 380 g/mol. The van der Waals surface area contributed by atoms with Gasteiger partial charge in [0.1, 0.15) is 6.33 Å². The fourth-order valence-corrected chi connectivity index (χ4v) is 3.33. The number of aliphatic hydroxyl groups excluding tert-OH is 1. The van der Waals surface area contributed by atoms with Crippen molar-refractivity contribution in [2.45, 2.75) is 9.79 Å². The molecule has 0 unspecified atom stereocenters. The largest absolute Gasteiger partial charge is 0.504 e. The van der Waals surface area contributed by atoms with Gasteiger partial charge in [0.05, 0.1) is 21.6 Å². The van der Waals surface area contributed by atoms with Crippen LogP contribution in [0.15, 0.2) is 63.2 Å². The minimum atomic E-state index is -2.93. The van der Waals surface area contributed by atoms with Crippen LogP contribution < -0.4 is 0 Å². The van der Waals surface area contributed by atoms with Gasteiger partial charge in [-0.1, -0.05) is 6.07 Å². The highest BCUT2D eigenvalue weighted by Gasteiger charge is 2.26. The number of halogens is 1. The second-order valence-corrected chi connectivity index (χ2v) is 7.10. The summed E-state index contributed by atoms with van der Waals surface area (Å²) >= 11 is 5.61. The van der Waals surface area contributed by atoms with Gasteiger partial charge in [-0.15, -0.1) is 0 Å². The second kappa shape index (κ2) is 6.54. The number of rotatable bonds is 3. The molecule has 2 N–H and O–H groups in total. The van der Waals surface area contributed by atoms with Gasteiger partial charge in [-0.25, -0.2) is 13.4 Å². The Morgan fingerprint density at radius 2 is 2.00 bits per heavy atom. The number of allylic oxidation sites excluding steroid dienone is 1. The quantitative estimate of drug-likeness (QED) is 0.318. The van der Waals surface area contributed by atoms with E-state index >= 15 is 0 Å². The Kier molecular flexibility index (Phi) is 4.43. The van der Waals surface area contributed by atoms with Crippen molar-refractivity contribution in [2.75, 3.05) is 0 Å². The molecule has 0 saturated carbocycles. The third-order valence-electron chi connectivity index (χ3n) is 3.22. The Morgan fingerprint density at radius 1 is 1.28 bits per heavy atom. The van der Waals surface area contributed by atoms with Gasteiger partial charge in [0.15, 0.2) is 11.5 Å². The van der Waals surface area contributed by atoms with Crippen LogP contribution in [0.4, 0.5) is 0 Å². The van der Waals surface area contributed by atoms with Gasteiger partial charge < -0.3 is 9.52 Å². The number of fused-ring (bicyclic) bond motifs is 2. The predicted molar refractivity (Wildman–Crippen MR) is 86.9 cm³/mol. The molecule has 8 nitrogen and oxygen atoms in total. The van der Waals surface area contributed by atoms with E-state index in [1.54, 1.807) is 24.3 Å². The molecule has 0 aliphatic carbocycles. The molecule has 0 fully saturated rings. The molecule has 2 aliphatic heterocycles. The highest BCUT2D eigenvalue weighted by molar-refractivity contribution is 7.92. The normalized spacial score (nSPS) is 14.2. The summed E-state index contributed by atoms with van der Waals surface area (Å²) < 4.78 is 26.4. The Hall–Kier alpha value is -2.91. The zero-order valence-electron chi connectivity index (χ0n) is 12.4. The fraction of sp³-hybridized carbons (Fsp3) is 0. The topological polar surface area (TPSA) is 126 Å². The van der Waals surface area contributed by atoms with E-state index in [0.29, 0.717) is 9.79 Å². The smallest absolute Gasteiger partial charge is 0.215 e. The Morgan fingerprint density at radius 3 is 2.44 bits per heavy atom. The summed E-state index contributed by atoms with van der Waals surface area (Å²) in [5.41, 5.74) is 0.170. The van der Waals surface area contributed by atoms with Crippen LogP contribution in [0.1, 0.15) is 16.2 Å². The first-order valence-electron chi connectivity index (χ1n) is 6.79. The first-order valence-corrected chi connectivity index (χ1v) is 8.65. The number of hydrogen-bond donors (Lipinski definition) is 2. The molecule has 0 spiro atoms. The lowest BCUT2D eigenvalue weighted by Crippen LogP contribution is -2.10. The van der Waals surface area contributed by atoms with Gasteiger partial charge in [-0.3, -0.25) is 9.89 Å². The molecule has 2 aromatic heterocycles. The van der Waals surface area contributed by atoms with Gasteiger partial charge in [0.25, 0.3) is 0 Å². The van der Waals surface area contributed by atoms with Crippen molar-refractivity contribution in [3.05, 3.63) is 65.6 Å². The third kappa shape index (κ3) is 3.32. The number of ketones is 1. The molecule has 2 bridgehead atoms. The summed E-state index contributed by atoms with van der Waals surface area (Å²) in [6.45, 7) is 0. The Balaban J connectivity index is 0.000000170. The van der Waals surface area contributed by atoms with E-state index in [1.165, 1.54) is 18.7 Å². The summed E-state index contributed by atoms with van der Waals surface area (Å²) in [4.78, 5) is 16.2. The molecule has 128 valence electrons. The summed E-state index contributed by atoms with van der Waals surface area (Å²) in [5, 5.41) is 15.5. The lowest BCUT2D eigenvalue weighted by molar-refractivity contribution is 0.104. The van der Waals surface area contributed by atoms with E-state index < -0.39 is 15.6 Å². The number of nitrogens with zero attached hydrogens (tertiary/aromatic N) is 2. The van der Waals surface area contributed by atoms with Gasteiger partial charge in [-0.05, 0) is 35.9 Å². The molecule has 0 atom stereocenters. The zero-order chi connectivity index (χ0) is 18.0. The lowest BCUT2D eigenvalue weighted by Gasteiger charge is -2.13. The maximum absolute atomic E-state index is 11.6. The molecular weight excluding hydrogens is 370 g/mol. The molecule has 10 heteroatoms. The van der Waals surface area contributed by atoms with Crippen molar-refractivity contribution in [2.24, 2.45) is 0 Å². The van der Waals surface area contributed by atoms with Crippen molar-refractivity contribution in [3.8, 4) is 0 Å². The second-order valence-electron chi connectivity index (χ2n) is 4.80. The summed E-state index contributed by atoms with van der Waals surface area (Å²) in [7, 11) is -2.93. The van der Waals surface area contributed by atoms with Crippen LogP contribution in [0.25, 0.3) is 5.76 Å². The minimum absolute atomic E-state index is 0.0240. The number of aliphatic hydroxyl groups is 1. The molecule has 3 aromatic rings.